The summed E-state index contributed by atoms with van der Waals surface area (Å²) < 4.78 is 5.39. The molecule has 2 aliphatic rings. The second-order valence-corrected chi connectivity index (χ2v) is 6.93. The molecule has 2 N–H and O–H groups in total. The number of anilines is 2. The number of likely N-dealkylation sites (tertiary alicyclic amines) is 1. The third-order valence-electron chi connectivity index (χ3n) is 5.26. The highest BCUT2D eigenvalue weighted by atomic mass is 16.5. The van der Waals surface area contributed by atoms with Crippen LogP contribution in [0.25, 0.3) is 0 Å². The number of hydrogen-bond donors (Lipinski definition) is 2. The molecule has 0 radical (unpaired) electrons. The maximum absolute atomic E-state index is 12.6. The minimum Gasteiger partial charge on any atom is -0.378 e. The number of hydrogen-bond acceptors (Lipinski definition) is 3. The van der Waals surface area contributed by atoms with Gasteiger partial charge in [0.15, 0.2) is 6.04 Å². The summed E-state index contributed by atoms with van der Waals surface area (Å²) in [5.41, 5.74) is 2.08. The van der Waals surface area contributed by atoms with Crippen molar-refractivity contribution in [1.82, 2.24) is 0 Å². The number of benzene rings is 1. The molecule has 0 aliphatic carbocycles. The number of carbonyl (C=O) groups excluding carboxylic acids is 1. The molecule has 2 saturated heterocycles. The first-order valence-corrected chi connectivity index (χ1v) is 9.32. The number of ether oxygens (including phenoxy) is 1. The monoisotopic (exact) mass is 332 g/mol. The Morgan fingerprint density at radius 1 is 1.08 bits per heavy atom. The summed E-state index contributed by atoms with van der Waals surface area (Å²) in [6.45, 7) is 7.72. The highest BCUT2D eigenvalue weighted by Gasteiger charge is 2.25. The van der Waals surface area contributed by atoms with E-state index < -0.39 is 0 Å². The number of rotatable bonds is 4. The first-order valence-electron chi connectivity index (χ1n) is 9.32. The van der Waals surface area contributed by atoms with E-state index in [1.54, 1.807) is 0 Å². The van der Waals surface area contributed by atoms with E-state index in [9.17, 15) is 4.79 Å². The summed E-state index contributed by atoms with van der Waals surface area (Å²) in [4.78, 5) is 16.3. The van der Waals surface area contributed by atoms with Gasteiger partial charge in [0.05, 0.1) is 26.3 Å². The van der Waals surface area contributed by atoms with Crippen LogP contribution in [0.5, 0.6) is 0 Å². The fourth-order valence-electron chi connectivity index (χ4n) is 3.63. The van der Waals surface area contributed by atoms with Crippen LogP contribution in [-0.2, 0) is 9.53 Å². The van der Waals surface area contributed by atoms with E-state index in [4.69, 9.17) is 4.74 Å². The molecule has 1 aromatic carbocycles. The van der Waals surface area contributed by atoms with Crippen LogP contribution < -0.4 is 15.1 Å². The van der Waals surface area contributed by atoms with E-state index in [-0.39, 0.29) is 11.9 Å². The van der Waals surface area contributed by atoms with Gasteiger partial charge in [-0.25, -0.2) is 0 Å². The molecule has 24 heavy (non-hydrogen) atoms. The lowest BCUT2D eigenvalue weighted by molar-refractivity contribution is -0.913. The predicted molar refractivity (Wildman–Crippen MR) is 96.7 cm³/mol. The van der Waals surface area contributed by atoms with Gasteiger partial charge < -0.3 is 19.9 Å². The Morgan fingerprint density at radius 2 is 1.71 bits per heavy atom. The Hall–Kier alpha value is -1.59. The third kappa shape index (κ3) is 4.48. The molecule has 2 fully saturated rings. The van der Waals surface area contributed by atoms with E-state index in [0.717, 1.165) is 45.1 Å². The van der Waals surface area contributed by atoms with E-state index in [2.05, 4.69) is 29.3 Å². The molecule has 0 spiro atoms. The van der Waals surface area contributed by atoms with Crippen molar-refractivity contribution in [3.8, 4) is 0 Å². The van der Waals surface area contributed by atoms with Gasteiger partial charge >= 0.3 is 0 Å². The van der Waals surface area contributed by atoms with Crippen LogP contribution in [0.15, 0.2) is 24.3 Å². The molecule has 1 atom stereocenters. The Morgan fingerprint density at radius 3 is 2.33 bits per heavy atom. The molecule has 132 valence electrons. The lowest BCUT2D eigenvalue weighted by atomic mass is 10.2. The topological polar surface area (TPSA) is 46.0 Å². The normalized spacial score (nSPS) is 21.1. The van der Waals surface area contributed by atoms with Crippen LogP contribution in [0.3, 0.4) is 0 Å². The van der Waals surface area contributed by atoms with E-state index in [0.29, 0.717) is 0 Å². The molecule has 3 rings (SSSR count). The van der Waals surface area contributed by atoms with Crippen molar-refractivity contribution in [2.45, 2.75) is 38.6 Å². The smallest absolute Gasteiger partial charge is 0.282 e. The standard InChI is InChI=1S/C19H29N3O2/c1-16(21-10-4-2-3-5-11-21)19(23)20-17-6-8-18(9-7-17)22-12-14-24-15-13-22/h6-9,16H,2-5,10-15H2,1H3,(H,20,23)/p+1/t16-/m1/s1. The zero-order chi connectivity index (χ0) is 16.8. The molecular weight excluding hydrogens is 302 g/mol. The highest BCUT2D eigenvalue weighted by Crippen LogP contribution is 2.19. The first kappa shape index (κ1) is 17.2. The van der Waals surface area contributed by atoms with Gasteiger partial charge in [-0.3, -0.25) is 4.79 Å². The van der Waals surface area contributed by atoms with E-state index >= 15 is 0 Å². The highest BCUT2D eigenvalue weighted by molar-refractivity contribution is 5.93. The molecule has 0 aromatic heterocycles. The van der Waals surface area contributed by atoms with Gasteiger partial charge in [-0.2, -0.15) is 0 Å². The second-order valence-electron chi connectivity index (χ2n) is 6.93. The van der Waals surface area contributed by atoms with Crippen molar-refractivity contribution in [3.05, 3.63) is 24.3 Å². The van der Waals surface area contributed by atoms with Crippen LogP contribution in [0, 0.1) is 0 Å². The maximum Gasteiger partial charge on any atom is 0.282 e. The van der Waals surface area contributed by atoms with Gasteiger partial charge in [0.25, 0.3) is 5.91 Å². The van der Waals surface area contributed by atoms with Crippen LogP contribution in [0.1, 0.15) is 32.6 Å². The second kappa shape index (κ2) is 8.49. The summed E-state index contributed by atoms with van der Waals surface area (Å²) >= 11 is 0. The molecule has 0 bridgehead atoms. The molecule has 2 heterocycles. The molecule has 1 aromatic rings. The summed E-state index contributed by atoms with van der Waals surface area (Å²) in [6.07, 6.45) is 5.09. The van der Waals surface area contributed by atoms with Crippen LogP contribution in [0.4, 0.5) is 11.4 Å². The number of carbonyl (C=O) groups is 1. The summed E-state index contributed by atoms with van der Waals surface area (Å²) in [5.74, 6) is 0.131. The third-order valence-corrected chi connectivity index (χ3v) is 5.26. The van der Waals surface area contributed by atoms with Crippen molar-refractivity contribution < 1.29 is 14.4 Å². The number of morpholine rings is 1. The zero-order valence-corrected chi connectivity index (χ0v) is 14.7. The summed E-state index contributed by atoms with van der Waals surface area (Å²) in [5, 5.41) is 3.09. The van der Waals surface area contributed by atoms with Crippen molar-refractivity contribution in [2.75, 3.05) is 49.6 Å². The van der Waals surface area contributed by atoms with Crippen molar-refractivity contribution in [1.29, 1.82) is 0 Å². The van der Waals surface area contributed by atoms with Gasteiger partial charge in [0.1, 0.15) is 0 Å². The Kier molecular flexibility index (Phi) is 6.10. The van der Waals surface area contributed by atoms with Gasteiger partial charge in [-0.1, -0.05) is 0 Å². The number of amides is 1. The minimum atomic E-state index is 0.0158. The maximum atomic E-state index is 12.6. The zero-order valence-electron chi connectivity index (χ0n) is 14.7. The van der Waals surface area contributed by atoms with Crippen molar-refractivity contribution in [3.63, 3.8) is 0 Å². The Bertz CT molecular complexity index is 518. The average Bonchev–Trinajstić information content (AvgIpc) is 2.92. The van der Waals surface area contributed by atoms with Crippen LogP contribution in [0.2, 0.25) is 0 Å². The SMILES string of the molecule is C[C@H](C(=O)Nc1ccc(N2CCOCC2)cc1)[NH+]1CCCCCC1. The van der Waals surface area contributed by atoms with E-state index in [1.807, 2.05) is 12.1 Å². The number of quaternary nitrogens is 1. The summed E-state index contributed by atoms with van der Waals surface area (Å²) in [6, 6.07) is 8.21. The summed E-state index contributed by atoms with van der Waals surface area (Å²) in [7, 11) is 0. The van der Waals surface area contributed by atoms with Gasteiger partial charge in [-0.05, 0) is 56.9 Å². The molecular formula is C19H30N3O2+. The lowest BCUT2D eigenvalue weighted by Crippen LogP contribution is -3.16. The van der Waals surface area contributed by atoms with Crippen LogP contribution >= 0.6 is 0 Å². The van der Waals surface area contributed by atoms with Gasteiger partial charge in [-0.15, -0.1) is 0 Å². The molecule has 0 saturated carbocycles. The molecule has 0 unspecified atom stereocenters. The van der Waals surface area contributed by atoms with Crippen molar-refractivity contribution in [2.24, 2.45) is 0 Å². The van der Waals surface area contributed by atoms with Gasteiger partial charge in [0, 0.05) is 24.5 Å². The quantitative estimate of drug-likeness (QED) is 0.874. The first-order chi connectivity index (χ1) is 11.7. The minimum absolute atomic E-state index is 0.0158. The molecule has 5 nitrogen and oxygen atoms in total. The molecule has 5 heteroatoms. The number of nitrogens with zero attached hydrogens (tertiary/aromatic N) is 1. The number of nitrogens with one attached hydrogen (secondary N) is 2. The van der Waals surface area contributed by atoms with Crippen LogP contribution in [-0.4, -0.2) is 51.3 Å². The predicted octanol–water partition coefficient (Wildman–Crippen LogP) is 1.31. The van der Waals surface area contributed by atoms with Gasteiger partial charge in [0.2, 0.25) is 0 Å². The average molecular weight is 332 g/mol. The van der Waals surface area contributed by atoms with Crippen molar-refractivity contribution >= 4 is 17.3 Å². The molecule has 1 amide bonds. The largest absolute Gasteiger partial charge is 0.378 e. The fraction of sp³-hybridized carbons (Fsp3) is 0.632. The van der Waals surface area contributed by atoms with E-state index in [1.165, 1.54) is 36.3 Å². The fourth-order valence-corrected chi connectivity index (χ4v) is 3.63. The Labute approximate surface area is 145 Å². The molecule has 2 aliphatic heterocycles. The lowest BCUT2D eigenvalue weighted by Gasteiger charge is -2.29. The Balaban J connectivity index is 1.55.